The number of thiophene rings is 1. The van der Waals surface area contributed by atoms with Crippen LogP contribution in [-0.4, -0.2) is 42.0 Å². The summed E-state index contributed by atoms with van der Waals surface area (Å²) in [5, 5.41) is 13.5. The number of likely N-dealkylation sites (tertiary alicyclic amines) is 1. The average molecular weight is 462 g/mol. The topological polar surface area (TPSA) is 76.1 Å². The molecule has 31 heavy (non-hydrogen) atoms. The van der Waals surface area contributed by atoms with Gasteiger partial charge in [-0.2, -0.15) is 0 Å². The van der Waals surface area contributed by atoms with Crippen LogP contribution in [0.3, 0.4) is 0 Å². The number of benzene rings is 1. The lowest BCUT2D eigenvalue weighted by Gasteiger charge is -2.34. The second-order valence-corrected chi connectivity index (χ2v) is 9.09. The SMILES string of the molecule is COc1cc(/C(O)=C2\C(=O)C(=O)N(C3CCCCC3)C2c2cccs2)c(OC)cc1Cl. The van der Waals surface area contributed by atoms with Gasteiger partial charge in [0.15, 0.2) is 0 Å². The van der Waals surface area contributed by atoms with E-state index >= 15 is 0 Å². The lowest BCUT2D eigenvalue weighted by molar-refractivity contribution is -0.141. The molecule has 2 aliphatic rings. The Morgan fingerprint density at radius 1 is 1.13 bits per heavy atom. The third-order valence-corrected chi connectivity index (χ3v) is 7.21. The first-order valence-corrected chi connectivity index (χ1v) is 11.5. The van der Waals surface area contributed by atoms with Gasteiger partial charge < -0.3 is 19.5 Å². The highest BCUT2D eigenvalue weighted by molar-refractivity contribution is 7.10. The normalized spacial score (nSPS) is 21.5. The number of methoxy groups -OCH3 is 2. The molecule has 1 N–H and O–H groups in total. The highest BCUT2D eigenvalue weighted by Gasteiger charge is 2.49. The van der Waals surface area contributed by atoms with E-state index in [9.17, 15) is 14.7 Å². The highest BCUT2D eigenvalue weighted by Crippen LogP contribution is 2.46. The number of carbonyl (C=O) groups is 2. The van der Waals surface area contributed by atoms with Crippen LogP contribution in [0.4, 0.5) is 0 Å². The third-order valence-electron chi connectivity index (χ3n) is 5.99. The Balaban J connectivity index is 1.90. The number of amides is 1. The first kappa shape index (κ1) is 21.7. The summed E-state index contributed by atoms with van der Waals surface area (Å²) < 4.78 is 10.7. The number of carbonyl (C=O) groups excluding carboxylic acids is 2. The van der Waals surface area contributed by atoms with E-state index in [4.69, 9.17) is 21.1 Å². The van der Waals surface area contributed by atoms with Gasteiger partial charge in [-0.3, -0.25) is 9.59 Å². The minimum absolute atomic E-state index is 0.0238. The molecule has 1 aliphatic heterocycles. The summed E-state index contributed by atoms with van der Waals surface area (Å²) in [6.45, 7) is 0. The first-order valence-electron chi connectivity index (χ1n) is 10.2. The number of hydrogen-bond acceptors (Lipinski definition) is 6. The van der Waals surface area contributed by atoms with Gasteiger partial charge in [0, 0.05) is 17.0 Å². The summed E-state index contributed by atoms with van der Waals surface area (Å²) >= 11 is 7.66. The van der Waals surface area contributed by atoms with Gasteiger partial charge in [0.1, 0.15) is 17.3 Å². The summed E-state index contributed by atoms with van der Waals surface area (Å²) in [6.07, 6.45) is 4.88. The van der Waals surface area contributed by atoms with E-state index < -0.39 is 17.7 Å². The smallest absolute Gasteiger partial charge is 0.295 e. The summed E-state index contributed by atoms with van der Waals surface area (Å²) in [5.74, 6) is -0.915. The molecule has 1 unspecified atom stereocenters. The monoisotopic (exact) mass is 461 g/mol. The first-order chi connectivity index (χ1) is 15.0. The van der Waals surface area contributed by atoms with E-state index in [-0.39, 0.29) is 28.7 Å². The Labute approximate surface area is 190 Å². The minimum atomic E-state index is -0.683. The van der Waals surface area contributed by atoms with Crippen molar-refractivity contribution in [2.24, 2.45) is 0 Å². The molecule has 8 heteroatoms. The fraction of sp³-hybridized carbons (Fsp3) is 0.391. The molecule has 1 aliphatic carbocycles. The maximum Gasteiger partial charge on any atom is 0.295 e. The molecule has 2 heterocycles. The molecule has 0 spiro atoms. The van der Waals surface area contributed by atoms with E-state index in [2.05, 4.69) is 0 Å². The molecule has 0 radical (unpaired) electrons. The number of ether oxygens (including phenoxy) is 2. The Morgan fingerprint density at radius 2 is 1.84 bits per heavy atom. The summed E-state index contributed by atoms with van der Waals surface area (Å²) in [7, 11) is 2.91. The molecule has 1 aromatic carbocycles. The molecule has 6 nitrogen and oxygen atoms in total. The van der Waals surface area contributed by atoms with Crippen LogP contribution >= 0.6 is 22.9 Å². The van der Waals surface area contributed by atoms with Crippen LogP contribution < -0.4 is 9.47 Å². The number of ketones is 1. The molecular formula is C23H24ClNO5S. The largest absolute Gasteiger partial charge is 0.507 e. The van der Waals surface area contributed by atoms with E-state index in [1.165, 1.54) is 37.7 Å². The second-order valence-electron chi connectivity index (χ2n) is 7.70. The van der Waals surface area contributed by atoms with Crippen molar-refractivity contribution in [1.82, 2.24) is 4.90 Å². The van der Waals surface area contributed by atoms with E-state index in [1.54, 1.807) is 4.90 Å². The van der Waals surface area contributed by atoms with E-state index in [1.807, 2.05) is 17.5 Å². The maximum atomic E-state index is 13.2. The van der Waals surface area contributed by atoms with Crippen molar-refractivity contribution < 1.29 is 24.2 Å². The predicted octanol–water partition coefficient (Wildman–Crippen LogP) is 5.17. The molecule has 1 saturated carbocycles. The van der Waals surface area contributed by atoms with Crippen LogP contribution in [0.5, 0.6) is 11.5 Å². The summed E-state index contributed by atoms with van der Waals surface area (Å²) in [4.78, 5) is 28.9. The molecule has 0 bridgehead atoms. The van der Waals surface area contributed by atoms with Crippen LogP contribution in [0.15, 0.2) is 35.2 Å². The lowest BCUT2D eigenvalue weighted by Crippen LogP contribution is -2.40. The Morgan fingerprint density at radius 3 is 2.45 bits per heavy atom. The summed E-state index contributed by atoms with van der Waals surface area (Å²) in [5.41, 5.74) is 0.327. The quantitative estimate of drug-likeness (QED) is 0.377. The Bertz CT molecular complexity index is 1030. The molecule has 1 saturated heterocycles. The third kappa shape index (κ3) is 3.81. The van der Waals surface area contributed by atoms with Crippen molar-refractivity contribution in [3.63, 3.8) is 0 Å². The van der Waals surface area contributed by atoms with Crippen LogP contribution in [0, 0.1) is 0 Å². The Hall–Kier alpha value is -2.51. The van der Waals surface area contributed by atoms with Gasteiger partial charge in [0.25, 0.3) is 11.7 Å². The van der Waals surface area contributed by atoms with Gasteiger partial charge in [-0.1, -0.05) is 36.9 Å². The number of rotatable bonds is 5. The zero-order valence-electron chi connectivity index (χ0n) is 17.4. The number of halogens is 1. The standard InChI is InChI=1S/C23H24ClNO5S/c1-29-16-12-15(24)17(30-2)11-14(16)21(26)19-20(18-9-6-10-31-18)25(23(28)22(19)27)13-7-4-3-5-8-13/h6,9-13,20,26H,3-5,7-8H2,1-2H3/b21-19+. The van der Waals surface area contributed by atoms with Crippen molar-refractivity contribution in [2.75, 3.05) is 14.2 Å². The molecular weight excluding hydrogens is 438 g/mol. The average Bonchev–Trinajstić information content (AvgIpc) is 3.40. The molecule has 1 aromatic heterocycles. The van der Waals surface area contributed by atoms with Crippen molar-refractivity contribution >= 4 is 40.4 Å². The number of nitrogens with zero attached hydrogens (tertiary/aromatic N) is 1. The van der Waals surface area contributed by atoms with Crippen LogP contribution in [0.1, 0.15) is 48.6 Å². The Kier molecular flexibility index (Phi) is 6.25. The number of hydrogen-bond donors (Lipinski definition) is 1. The van der Waals surface area contributed by atoms with Crippen molar-refractivity contribution in [3.05, 3.63) is 50.7 Å². The fourth-order valence-electron chi connectivity index (χ4n) is 4.50. The van der Waals surface area contributed by atoms with Gasteiger partial charge in [0.05, 0.1) is 36.4 Å². The van der Waals surface area contributed by atoms with Gasteiger partial charge in [-0.05, 0) is 30.4 Å². The molecule has 2 fully saturated rings. The number of aliphatic hydroxyl groups excluding tert-OH is 1. The van der Waals surface area contributed by atoms with Crippen LogP contribution in [0.25, 0.3) is 5.76 Å². The second kappa shape index (κ2) is 8.93. The van der Waals surface area contributed by atoms with Crippen LogP contribution in [0.2, 0.25) is 5.02 Å². The molecule has 1 atom stereocenters. The fourth-order valence-corrected chi connectivity index (χ4v) is 5.57. The van der Waals surface area contributed by atoms with Gasteiger partial charge >= 0.3 is 0 Å². The molecule has 1 amide bonds. The molecule has 4 rings (SSSR count). The molecule has 164 valence electrons. The van der Waals surface area contributed by atoms with Crippen molar-refractivity contribution in [1.29, 1.82) is 0 Å². The van der Waals surface area contributed by atoms with E-state index in [0.717, 1.165) is 37.0 Å². The van der Waals surface area contributed by atoms with E-state index in [0.29, 0.717) is 10.8 Å². The van der Waals surface area contributed by atoms with Crippen LogP contribution in [-0.2, 0) is 9.59 Å². The summed E-state index contributed by atoms with van der Waals surface area (Å²) in [6, 6.07) is 6.17. The molecule has 2 aromatic rings. The zero-order chi connectivity index (χ0) is 22.1. The number of aliphatic hydroxyl groups is 1. The van der Waals surface area contributed by atoms with Gasteiger partial charge in [0.2, 0.25) is 0 Å². The highest BCUT2D eigenvalue weighted by atomic mass is 35.5. The minimum Gasteiger partial charge on any atom is -0.507 e. The maximum absolute atomic E-state index is 13.2. The predicted molar refractivity (Wildman–Crippen MR) is 120 cm³/mol. The van der Waals surface area contributed by atoms with Gasteiger partial charge in [-0.25, -0.2) is 0 Å². The van der Waals surface area contributed by atoms with Crippen molar-refractivity contribution in [2.45, 2.75) is 44.2 Å². The van der Waals surface area contributed by atoms with Gasteiger partial charge in [-0.15, -0.1) is 11.3 Å². The zero-order valence-corrected chi connectivity index (χ0v) is 19.0. The lowest BCUT2D eigenvalue weighted by atomic mass is 9.92. The van der Waals surface area contributed by atoms with Crippen molar-refractivity contribution in [3.8, 4) is 11.5 Å². The number of Topliss-reactive ketones (excluding diaryl/α,β-unsaturated/α-hetero) is 1.